The number of ether oxygens (including phenoxy) is 1. The van der Waals surface area contributed by atoms with E-state index in [-0.39, 0.29) is 5.97 Å². The van der Waals surface area contributed by atoms with Crippen molar-refractivity contribution in [2.45, 2.75) is 46.5 Å². The molecule has 0 spiro atoms. The van der Waals surface area contributed by atoms with Crippen molar-refractivity contribution in [2.24, 2.45) is 5.92 Å². The average Bonchev–Trinajstić information content (AvgIpc) is 2.36. The van der Waals surface area contributed by atoms with E-state index in [0.717, 1.165) is 19.0 Å². The Kier molecular flexibility index (Phi) is 9.83. The van der Waals surface area contributed by atoms with Crippen LogP contribution in [0.3, 0.4) is 0 Å². The molecule has 100 valence electrons. The number of esters is 1. The van der Waals surface area contributed by atoms with Gasteiger partial charge in [-0.1, -0.05) is 39.2 Å². The van der Waals surface area contributed by atoms with Gasteiger partial charge in [0.25, 0.3) is 0 Å². The third-order valence-electron chi connectivity index (χ3n) is 3.04. The molecule has 0 saturated carbocycles. The largest absolute Gasteiger partial charge is 0.466 e. The second-order valence-electron chi connectivity index (χ2n) is 4.45. The summed E-state index contributed by atoms with van der Waals surface area (Å²) in [5.41, 5.74) is 0.668. The molecule has 1 atom stereocenters. The first-order valence-electron chi connectivity index (χ1n) is 6.61. The van der Waals surface area contributed by atoms with Gasteiger partial charge in [0.2, 0.25) is 0 Å². The SMILES string of the molecule is CCCCC(CC)CNC/C=C(/C)C(=O)OC. The molecule has 0 aromatic rings. The number of rotatable bonds is 9. The minimum Gasteiger partial charge on any atom is -0.466 e. The summed E-state index contributed by atoms with van der Waals surface area (Å²) in [6.45, 7) is 8.01. The van der Waals surface area contributed by atoms with E-state index in [1.54, 1.807) is 6.92 Å². The van der Waals surface area contributed by atoms with Crippen LogP contribution < -0.4 is 5.32 Å². The standard InChI is InChI=1S/C14H27NO2/c1-5-7-8-13(6-2)11-15-10-9-12(3)14(16)17-4/h9,13,15H,5-8,10-11H2,1-4H3/b12-9-. The van der Waals surface area contributed by atoms with Crippen molar-refractivity contribution in [3.8, 4) is 0 Å². The predicted octanol–water partition coefficient (Wildman–Crippen LogP) is 2.91. The fourth-order valence-electron chi connectivity index (χ4n) is 1.70. The van der Waals surface area contributed by atoms with Crippen LogP contribution in [0.5, 0.6) is 0 Å². The van der Waals surface area contributed by atoms with E-state index in [1.165, 1.54) is 32.8 Å². The molecule has 0 heterocycles. The molecule has 0 aromatic carbocycles. The van der Waals surface area contributed by atoms with E-state index < -0.39 is 0 Å². The summed E-state index contributed by atoms with van der Waals surface area (Å²) in [6.07, 6.45) is 6.96. The summed E-state index contributed by atoms with van der Waals surface area (Å²) >= 11 is 0. The molecule has 0 saturated heterocycles. The van der Waals surface area contributed by atoms with Gasteiger partial charge < -0.3 is 10.1 Å². The van der Waals surface area contributed by atoms with Gasteiger partial charge in [-0.05, 0) is 25.8 Å². The van der Waals surface area contributed by atoms with Gasteiger partial charge in [-0.3, -0.25) is 0 Å². The molecule has 3 heteroatoms. The Morgan fingerprint density at radius 3 is 2.65 bits per heavy atom. The Morgan fingerprint density at radius 2 is 2.12 bits per heavy atom. The minimum absolute atomic E-state index is 0.246. The molecule has 3 nitrogen and oxygen atoms in total. The third-order valence-corrected chi connectivity index (χ3v) is 3.04. The highest BCUT2D eigenvalue weighted by atomic mass is 16.5. The maximum atomic E-state index is 11.1. The zero-order valence-corrected chi connectivity index (χ0v) is 11.7. The van der Waals surface area contributed by atoms with Gasteiger partial charge in [-0.25, -0.2) is 4.79 Å². The molecule has 0 aliphatic rings. The van der Waals surface area contributed by atoms with Crippen LogP contribution in [0, 0.1) is 5.92 Å². The molecule has 0 fully saturated rings. The summed E-state index contributed by atoms with van der Waals surface area (Å²) in [7, 11) is 1.41. The van der Waals surface area contributed by atoms with Gasteiger partial charge in [0.1, 0.15) is 0 Å². The highest BCUT2D eigenvalue weighted by molar-refractivity contribution is 5.87. The first kappa shape index (κ1) is 16.2. The number of carbonyl (C=O) groups excluding carboxylic acids is 1. The van der Waals surface area contributed by atoms with E-state index in [0.29, 0.717) is 5.57 Å². The van der Waals surface area contributed by atoms with Crippen LogP contribution in [0.25, 0.3) is 0 Å². The fourth-order valence-corrected chi connectivity index (χ4v) is 1.70. The molecule has 17 heavy (non-hydrogen) atoms. The summed E-state index contributed by atoms with van der Waals surface area (Å²) < 4.78 is 4.63. The maximum absolute atomic E-state index is 11.1. The highest BCUT2D eigenvalue weighted by Gasteiger charge is 2.05. The maximum Gasteiger partial charge on any atom is 0.333 e. The van der Waals surface area contributed by atoms with E-state index in [9.17, 15) is 4.79 Å². The van der Waals surface area contributed by atoms with Crippen LogP contribution in [0.2, 0.25) is 0 Å². The molecule has 0 rings (SSSR count). The second-order valence-corrected chi connectivity index (χ2v) is 4.45. The zero-order valence-electron chi connectivity index (χ0n) is 11.7. The molecule has 0 bridgehead atoms. The van der Waals surface area contributed by atoms with Crippen LogP contribution in [-0.4, -0.2) is 26.2 Å². The van der Waals surface area contributed by atoms with Crippen molar-refractivity contribution in [3.63, 3.8) is 0 Å². The van der Waals surface area contributed by atoms with Crippen molar-refractivity contribution >= 4 is 5.97 Å². The van der Waals surface area contributed by atoms with Gasteiger partial charge >= 0.3 is 5.97 Å². The summed E-state index contributed by atoms with van der Waals surface area (Å²) in [6, 6.07) is 0. The first-order valence-corrected chi connectivity index (χ1v) is 6.61. The fraction of sp³-hybridized carbons (Fsp3) is 0.786. The normalized spacial score (nSPS) is 13.5. The van der Waals surface area contributed by atoms with Crippen molar-refractivity contribution in [1.82, 2.24) is 5.32 Å². The number of hydrogen-bond acceptors (Lipinski definition) is 3. The van der Waals surface area contributed by atoms with Crippen LogP contribution in [0.15, 0.2) is 11.6 Å². The Hall–Kier alpha value is -0.830. The lowest BCUT2D eigenvalue weighted by molar-refractivity contribution is -0.136. The minimum atomic E-state index is -0.246. The quantitative estimate of drug-likeness (QED) is 0.383. The van der Waals surface area contributed by atoms with E-state index in [4.69, 9.17) is 0 Å². The van der Waals surface area contributed by atoms with Crippen molar-refractivity contribution in [2.75, 3.05) is 20.2 Å². The molecule has 1 N–H and O–H groups in total. The summed E-state index contributed by atoms with van der Waals surface area (Å²) in [4.78, 5) is 11.1. The zero-order chi connectivity index (χ0) is 13.1. The molecule has 0 aliphatic heterocycles. The Balaban J connectivity index is 3.77. The molecule has 1 unspecified atom stereocenters. The van der Waals surface area contributed by atoms with Gasteiger partial charge in [0.05, 0.1) is 7.11 Å². The molecule has 0 aliphatic carbocycles. The summed E-state index contributed by atoms with van der Waals surface area (Å²) in [5.74, 6) is 0.506. The molecular weight excluding hydrogens is 214 g/mol. The van der Waals surface area contributed by atoms with Gasteiger partial charge in [0.15, 0.2) is 0 Å². The Labute approximate surface area is 106 Å². The topological polar surface area (TPSA) is 38.3 Å². The van der Waals surface area contributed by atoms with Gasteiger partial charge in [0, 0.05) is 12.1 Å². The van der Waals surface area contributed by atoms with Crippen LogP contribution in [-0.2, 0) is 9.53 Å². The number of nitrogens with one attached hydrogen (secondary N) is 1. The molecule has 0 aromatic heterocycles. The third kappa shape index (κ3) is 7.97. The number of unbranched alkanes of at least 4 members (excludes halogenated alkanes) is 1. The van der Waals surface area contributed by atoms with Crippen molar-refractivity contribution < 1.29 is 9.53 Å². The monoisotopic (exact) mass is 241 g/mol. The molecule has 0 amide bonds. The van der Waals surface area contributed by atoms with E-state index in [1.807, 2.05) is 6.08 Å². The molecular formula is C14H27NO2. The van der Waals surface area contributed by atoms with Gasteiger partial charge in [-0.15, -0.1) is 0 Å². The smallest absolute Gasteiger partial charge is 0.333 e. The predicted molar refractivity (Wildman–Crippen MR) is 71.9 cm³/mol. The molecule has 0 radical (unpaired) electrons. The average molecular weight is 241 g/mol. The first-order chi connectivity index (χ1) is 8.15. The van der Waals surface area contributed by atoms with E-state index >= 15 is 0 Å². The lowest BCUT2D eigenvalue weighted by atomic mass is 9.99. The summed E-state index contributed by atoms with van der Waals surface area (Å²) in [5, 5.41) is 3.37. The Bertz CT molecular complexity index is 236. The highest BCUT2D eigenvalue weighted by Crippen LogP contribution is 2.10. The van der Waals surface area contributed by atoms with Gasteiger partial charge in [-0.2, -0.15) is 0 Å². The number of carbonyl (C=O) groups is 1. The number of hydrogen-bond donors (Lipinski definition) is 1. The lowest BCUT2D eigenvalue weighted by Gasteiger charge is -2.14. The van der Waals surface area contributed by atoms with Crippen molar-refractivity contribution in [1.29, 1.82) is 0 Å². The number of methoxy groups -OCH3 is 1. The Morgan fingerprint density at radius 1 is 1.41 bits per heavy atom. The van der Waals surface area contributed by atoms with Crippen LogP contribution in [0.4, 0.5) is 0 Å². The lowest BCUT2D eigenvalue weighted by Crippen LogP contribution is -2.23. The van der Waals surface area contributed by atoms with Crippen LogP contribution in [0.1, 0.15) is 46.5 Å². The van der Waals surface area contributed by atoms with Crippen LogP contribution >= 0.6 is 0 Å². The second kappa shape index (κ2) is 10.3. The van der Waals surface area contributed by atoms with Crippen molar-refractivity contribution in [3.05, 3.63) is 11.6 Å². The van der Waals surface area contributed by atoms with E-state index in [2.05, 4.69) is 23.9 Å².